The Labute approximate surface area is 164 Å². The topological polar surface area (TPSA) is 115 Å². The van der Waals surface area contributed by atoms with Gasteiger partial charge in [0.25, 0.3) is 0 Å². The molecule has 4 N–H and O–H groups in total. The molecule has 1 aliphatic heterocycles. The summed E-state index contributed by atoms with van der Waals surface area (Å²) in [5, 5.41) is 13.1. The summed E-state index contributed by atoms with van der Waals surface area (Å²) in [5.74, 6) is -0.177. The van der Waals surface area contributed by atoms with Crippen LogP contribution in [0.5, 0.6) is 0 Å². The van der Waals surface area contributed by atoms with E-state index < -0.39 is 6.04 Å². The van der Waals surface area contributed by atoms with Crippen LogP contribution in [0.1, 0.15) is 44.6 Å². The van der Waals surface area contributed by atoms with Crippen LogP contribution in [-0.2, 0) is 16.0 Å². The molecule has 2 heterocycles. The summed E-state index contributed by atoms with van der Waals surface area (Å²) >= 11 is 0. The van der Waals surface area contributed by atoms with E-state index in [0.29, 0.717) is 25.8 Å². The Balaban J connectivity index is 1.72. The second kappa shape index (κ2) is 8.89. The van der Waals surface area contributed by atoms with Crippen molar-refractivity contribution >= 4 is 28.4 Å². The maximum atomic E-state index is 12.7. The standard InChI is InChI=1S/C21H27N5O2/c1-2-3-6-20(27)25-15-7-8-19-17(11-15)14(13-24-19)10-18(23)21(28)26-9-4-5-16(26)12-22/h7-8,11,13,16,18,24H,2-6,9-10,23H2,1H3,(H,25,27)/t16-,18-/m0/s1. The number of anilines is 1. The molecule has 2 atom stereocenters. The fraction of sp³-hybridized carbons (Fsp3) is 0.476. The molecule has 0 spiro atoms. The van der Waals surface area contributed by atoms with Crippen LogP contribution in [0.15, 0.2) is 24.4 Å². The molecule has 1 aromatic carbocycles. The number of fused-ring (bicyclic) bond motifs is 1. The molecular formula is C21H27N5O2. The van der Waals surface area contributed by atoms with Crippen molar-refractivity contribution in [1.29, 1.82) is 5.26 Å². The zero-order valence-electron chi connectivity index (χ0n) is 16.2. The number of nitrogens with zero attached hydrogens (tertiary/aromatic N) is 2. The van der Waals surface area contributed by atoms with E-state index in [1.54, 1.807) is 4.90 Å². The predicted octanol–water partition coefficient (Wildman–Crippen LogP) is 2.68. The Kier molecular flexibility index (Phi) is 6.32. The molecule has 2 amide bonds. The van der Waals surface area contributed by atoms with E-state index in [1.807, 2.05) is 24.4 Å². The molecular weight excluding hydrogens is 354 g/mol. The second-order valence-corrected chi connectivity index (χ2v) is 7.36. The first kappa shape index (κ1) is 19.9. The van der Waals surface area contributed by atoms with Crippen LogP contribution in [0.4, 0.5) is 5.69 Å². The summed E-state index contributed by atoms with van der Waals surface area (Å²) in [6.45, 7) is 2.64. The van der Waals surface area contributed by atoms with Crippen LogP contribution in [0.25, 0.3) is 10.9 Å². The number of hydrogen-bond acceptors (Lipinski definition) is 4. The molecule has 0 unspecified atom stereocenters. The number of nitrogens with two attached hydrogens (primary N) is 1. The number of rotatable bonds is 7. The third-order valence-electron chi connectivity index (χ3n) is 5.25. The molecule has 0 saturated carbocycles. The molecule has 0 radical (unpaired) electrons. The number of aromatic amines is 1. The molecule has 2 aromatic rings. The number of aromatic nitrogens is 1. The Bertz CT molecular complexity index is 898. The van der Waals surface area contributed by atoms with Gasteiger partial charge in [-0.25, -0.2) is 0 Å². The lowest BCUT2D eigenvalue weighted by molar-refractivity contribution is -0.132. The third kappa shape index (κ3) is 4.34. The van der Waals surface area contributed by atoms with E-state index in [-0.39, 0.29) is 17.9 Å². The average molecular weight is 381 g/mol. The van der Waals surface area contributed by atoms with E-state index in [9.17, 15) is 14.9 Å². The third-order valence-corrected chi connectivity index (χ3v) is 5.25. The highest BCUT2D eigenvalue weighted by molar-refractivity contribution is 5.95. The van der Waals surface area contributed by atoms with Gasteiger partial charge in [0.2, 0.25) is 11.8 Å². The number of H-pyrrole nitrogens is 1. The van der Waals surface area contributed by atoms with E-state index in [2.05, 4.69) is 23.3 Å². The van der Waals surface area contributed by atoms with E-state index in [4.69, 9.17) is 5.73 Å². The lowest BCUT2D eigenvalue weighted by Gasteiger charge is -2.23. The molecule has 1 aromatic heterocycles. The van der Waals surface area contributed by atoms with Gasteiger partial charge in [-0.05, 0) is 49.4 Å². The lowest BCUT2D eigenvalue weighted by Crippen LogP contribution is -2.46. The molecule has 3 rings (SSSR count). The number of nitriles is 1. The van der Waals surface area contributed by atoms with E-state index >= 15 is 0 Å². The molecule has 7 heteroatoms. The van der Waals surface area contributed by atoms with Crippen molar-refractivity contribution in [2.24, 2.45) is 5.73 Å². The van der Waals surface area contributed by atoms with Crippen molar-refractivity contribution in [3.05, 3.63) is 30.0 Å². The number of nitrogens with one attached hydrogen (secondary N) is 2. The van der Waals surface area contributed by atoms with Gasteiger partial charge in [-0.3, -0.25) is 9.59 Å². The summed E-state index contributed by atoms with van der Waals surface area (Å²) in [6, 6.07) is 6.80. The lowest BCUT2D eigenvalue weighted by atomic mass is 10.0. The molecule has 1 saturated heterocycles. The maximum absolute atomic E-state index is 12.7. The van der Waals surface area contributed by atoms with Gasteiger partial charge in [0.15, 0.2) is 0 Å². The molecule has 1 aliphatic rings. The minimum absolute atomic E-state index is 0.00161. The highest BCUT2D eigenvalue weighted by atomic mass is 16.2. The van der Waals surface area contributed by atoms with Gasteiger partial charge < -0.3 is 20.9 Å². The summed E-state index contributed by atoms with van der Waals surface area (Å²) < 4.78 is 0. The smallest absolute Gasteiger partial charge is 0.240 e. The van der Waals surface area contributed by atoms with Crippen LogP contribution in [-0.4, -0.2) is 40.3 Å². The number of benzene rings is 1. The highest BCUT2D eigenvalue weighted by Crippen LogP contribution is 2.25. The van der Waals surface area contributed by atoms with Gasteiger partial charge in [-0.15, -0.1) is 0 Å². The van der Waals surface area contributed by atoms with Crippen molar-refractivity contribution in [2.45, 2.75) is 57.5 Å². The first-order valence-electron chi connectivity index (χ1n) is 9.89. The molecule has 148 valence electrons. The van der Waals surface area contributed by atoms with Gasteiger partial charge in [-0.1, -0.05) is 13.3 Å². The van der Waals surface area contributed by atoms with Crippen molar-refractivity contribution in [1.82, 2.24) is 9.88 Å². The molecule has 0 aliphatic carbocycles. The minimum Gasteiger partial charge on any atom is -0.361 e. The monoisotopic (exact) mass is 381 g/mol. The number of carbonyl (C=O) groups excluding carboxylic acids is 2. The van der Waals surface area contributed by atoms with Crippen LogP contribution in [0, 0.1) is 11.3 Å². The highest BCUT2D eigenvalue weighted by Gasteiger charge is 2.31. The van der Waals surface area contributed by atoms with Crippen molar-refractivity contribution in [3.63, 3.8) is 0 Å². The SMILES string of the molecule is CCCCC(=O)Nc1ccc2[nH]cc(C[C@H](N)C(=O)N3CCC[C@H]3C#N)c2c1. The average Bonchev–Trinajstić information content (AvgIpc) is 3.32. The second-order valence-electron chi connectivity index (χ2n) is 7.36. The largest absolute Gasteiger partial charge is 0.361 e. The maximum Gasteiger partial charge on any atom is 0.240 e. The zero-order chi connectivity index (χ0) is 20.1. The Morgan fingerprint density at radius 2 is 2.29 bits per heavy atom. The Morgan fingerprint density at radius 1 is 1.46 bits per heavy atom. The fourth-order valence-electron chi connectivity index (χ4n) is 3.69. The molecule has 7 nitrogen and oxygen atoms in total. The van der Waals surface area contributed by atoms with Gasteiger partial charge in [-0.2, -0.15) is 5.26 Å². The fourth-order valence-corrected chi connectivity index (χ4v) is 3.69. The van der Waals surface area contributed by atoms with Gasteiger partial charge in [0.05, 0.1) is 12.1 Å². The van der Waals surface area contributed by atoms with Crippen LogP contribution >= 0.6 is 0 Å². The van der Waals surface area contributed by atoms with Crippen LogP contribution < -0.4 is 11.1 Å². The number of amides is 2. The zero-order valence-corrected chi connectivity index (χ0v) is 16.2. The summed E-state index contributed by atoms with van der Waals surface area (Å²) in [7, 11) is 0. The number of carbonyl (C=O) groups is 2. The Morgan fingerprint density at radius 3 is 3.04 bits per heavy atom. The minimum atomic E-state index is -0.698. The van der Waals surface area contributed by atoms with Crippen LogP contribution in [0.3, 0.4) is 0 Å². The predicted molar refractivity (Wildman–Crippen MR) is 108 cm³/mol. The molecule has 0 bridgehead atoms. The Hall–Kier alpha value is -2.85. The molecule has 28 heavy (non-hydrogen) atoms. The quantitative estimate of drug-likeness (QED) is 0.684. The normalized spacial score (nSPS) is 17.5. The van der Waals surface area contributed by atoms with Gasteiger partial charge in [0, 0.05) is 35.8 Å². The number of hydrogen-bond donors (Lipinski definition) is 3. The van der Waals surface area contributed by atoms with Crippen LogP contribution in [0.2, 0.25) is 0 Å². The van der Waals surface area contributed by atoms with E-state index in [1.165, 1.54) is 0 Å². The first-order chi connectivity index (χ1) is 13.5. The summed E-state index contributed by atoms with van der Waals surface area (Å²) in [5.41, 5.74) is 8.77. The van der Waals surface area contributed by atoms with Crippen molar-refractivity contribution < 1.29 is 9.59 Å². The number of unbranched alkanes of at least 4 members (excludes halogenated alkanes) is 1. The van der Waals surface area contributed by atoms with Crippen molar-refractivity contribution in [3.8, 4) is 6.07 Å². The summed E-state index contributed by atoms with van der Waals surface area (Å²) in [6.07, 6.45) is 6.12. The molecule has 1 fully saturated rings. The van der Waals surface area contributed by atoms with Crippen molar-refractivity contribution in [2.75, 3.05) is 11.9 Å². The number of likely N-dealkylation sites (tertiary alicyclic amines) is 1. The van der Waals surface area contributed by atoms with Gasteiger partial charge in [0.1, 0.15) is 6.04 Å². The summed E-state index contributed by atoms with van der Waals surface area (Å²) in [4.78, 5) is 29.4. The van der Waals surface area contributed by atoms with Gasteiger partial charge >= 0.3 is 0 Å². The first-order valence-corrected chi connectivity index (χ1v) is 9.89. The van der Waals surface area contributed by atoms with E-state index in [0.717, 1.165) is 41.4 Å².